The maximum absolute atomic E-state index is 11.4. The fourth-order valence-corrected chi connectivity index (χ4v) is 9.44. The number of aliphatic hydroxyl groups is 1. The molecular weight excluding hydrogens is 364 g/mol. The fraction of sp³-hybridized carbons (Fsp3) is 0.931. The van der Waals surface area contributed by atoms with Crippen LogP contribution < -0.4 is 0 Å². The van der Waals surface area contributed by atoms with Crippen LogP contribution in [-0.4, -0.2) is 11.2 Å². The molecule has 4 saturated carbocycles. The van der Waals surface area contributed by atoms with Gasteiger partial charge in [0.2, 0.25) is 0 Å². The second kappa shape index (κ2) is 8.57. The molecule has 1 nitrogen and oxygen atoms in total. The molecule has 10 atom stereocenters. The van der Waals surface area contributed by atoms with Crippen LogP contribution in [0.1, 0.15) is 106 Å². The average molecular weight is 415 g/mol. The zero-order valence-corrected chi connectivity index (χ0v) is 20.9. The molecule has 0 aromatic heterocycles. The molecule has 0 heterocycles. The van der Waals surface area contributed by atoms with Crippen LogP contribution >= 0.6 is 0 Å². The highest BCUT2D eigenvalue weighted by molar-refractivity contribution is 5.12. The van der Waals surface area contributed by atoms with Gasteiger partial charge in [-0.15, -0.1) is 0 Å². The van der Waals surface area contributed by atoms with E-state index in [4.69, 9.17) is 0 Å². The molecule has 0 spiro atoms. The Balaban J connectivity index is 1.54. The Bertz CT molecular complexity index is 622. The lowest BCUT2D eigenvalue weighted by molar-refractivity contribution is -0.163. The minimum absolute atomic E-state index is 0.0363. The summed E-state index contributed by atoms with van der Waals surface area (Å²) in [6.07, 6.45) is 18.6. The summed E-state index contributed by atoms with van der Waals surface area (Å²) in [5, 5.41) is 11.4. The van der Waals surface area contributed by atoms with Crippen LogP contribution in [0.2, 0.25) is 0 Å². The van der Waals surface area contributed by atoms with Gasteiger partial charge in [-0.1, -0.05) is 66.5 Å². The van der Waals surface area contributed by atoms with E-state index in [9.17, 15) is 5.11 Å². The molecule has 0 aliphatic heterocycles. The maximum Gasteiger partial charge on any atom is 0.0577 e. The summed E-state index contributed by atoms with van der Waals surface area (Å²) in [5.74, 6) is 5.81. The van der Waals surface area contributed by atoms with Crippen LogP contribution in [0.3, 0.4) is 0 Å². The Kier molecular flexibility index (Phi) is 6.53. The second-order valence-corrected chi connectivity index (χ2v) is 12.8. The summed E-state index contributed by atoms with van der Waals surface area (Å²) in [4.78, 5) is 0. The summed E-state index contributed by atoms with van der Waals surface area (Å²) in [7, 11) is 0. The van der Waals surface area contributed by atoms with E-state index in [0.29, 0.717) is 22.7 Å². The topological polar surface area (TPSA) is 20.2 Å². The molecule has 0 amide bonds. The lowest BCUT2D eigenvalue weighted by Crippen LogP contribution is -2.57. The number of fused-ring (bicyclic) bond motifs is 5. The Morgan fingerprint density at radius 3 is 2.33 bits per heavy atom. The number of rotatable bonds is 5. The molecule has 0 radical (unpaired) electrons. The van der Waals surface area contributed by atoms with E-state index in [0.717, 1.165) is 41.9 Å². The molecular formula is C29H50O. The minimum Gasteiger partial charge on any atom is -0.393 e. The molecule has 4 aliphatic carbocycles. The van der Waals surface area contributed by atoms with Gasteiger partial charge in [-0.3, -0.25) is 0 Å². The van der Waals surface area contributed by atoms with E-state index < -0.39 is 0 Å². The van der Waals surface area contributed by atoms with Crippen molar-refractivity contribution in [1.29, 1.82) is 0 Å². The minimum atomic E-state index is -0.0363. The summed E-state index contributed by atoms with van der Waals surface area (Å²) in [6, 6.07) is 0. The van der Waals surface area contributed by atoms with Crippen molar-refractivity contribution in [2.24, 2.45) is 58.2 Å². The first-order valence-electron chi connectivity index (χ1n) is 13.6. The number of allylic oxidation sites excluding steroid dienone is 2. The first kappa shape index (κ1) is 22.9. The highest BCUT2D eigenvalue weighted by Gasteiger charge is 2.62. The van der Waals surface area contributed by atoms with Gasteiger partial charge in [0.25, 0.3) is 0 Å². The van der Waals surface area contributed by atoms with Crippen molar-refractivity contribution in [2.75, 3.05) is 0 Å². The quantitative estimate of drug-likeness (QED) is 0.454. The van der Waals surface area contributed by atoms with Crippen molar-refractivity contribution >= 4 is 0 Å². The van der Waals surface area contributed by atoms with E-state index in [-0.39, 0.29) is 6.10 Å². The van der Waals surface area contributed by atoms with Crippen LogP contribution in [0.25, 0.3) is 0 Å². The highest BCUT2D eigenvalue weighted by atomic mass is 16.3. The smallest absolute Gasteiger partial charge is 0.0577 e. The van der Waals surface area contributed by atoms with Gasteiger partial charge in [0, 0.05) is 0 Å². The second-order valence-electron chi connectivity index (χ2n) is 12.8. The van der Waals surface area contributed by atoms with Crippen LogP contribution in [0.15, 0.2) is 12.2 Å². The molecule has 4 rings (SSSR count). The van der Waals surface area contributed by atoms with Gasteiger partial charge < -0.3 is 5.11 Å². The molecule has 0 aromatic rings. The van der Waals surface area contributed by atoms with Gasteiger partial charge in [-0.05, 0) is 110 Å². The monoisotopic (exact) mass is 414 g/mol. The predicted octanol–water partition coefficient (Wildman–Crippen LogP) is 7.88. The molecule has 0 aromatic carbocycles. The summed E-state index contributed by atoms with van der Waals surface area (Å²) < 4.78 is 0. The van der Waals surface area contributed by atoms with Crippen LogP contribution in [-0.2, 0) is 0 Å². The molecule has 1 N–H and O–H groups in total. The number of aliphatic hydroxyl groups excluding tert-OH is 1. The number of hydrogen-bond donors (Lipinski definition) is 1. The third-order valence-electron chi connectivity index (χ3n) is 11.3. The van der Waals surface area contributed by atoms with Crippen molar-refractivity contribution in [3.05, 3.63) is 12.2 Å². The molecule has 4 aliphatic rings. The Morgan fingerprint density at radius 1 is 0.900 bits per heavy atom. The lowest BCUT2D eigenvalue weighted by atomic mass is 9.44. The van der Waals surface area contributed by atoms with Crippen LogP contribution in [0.4, 0.5) is 0 Å². The van der Waals surface area contributed by atoms with Crippen LogP contribution in [0, 0.1) is 58.2 Å². The van der Waals surface area contributed by atoms with E-state index in [1.54, 1.807) is 0 Å². The summed E-state index contributed by atoms with van der Waals surface area (Å²) >= 11 is 0. The summed E-state index contributed by atoms with van der Waals surface area (Å²) in [6.45, 7) is 14.8. The molecule has 0 saturated heterocycles. The van der Waals surface area contributed by atoms with Gasteiger partial charge in [-0.2, -0.15) is 0 Å². The first-order chi connectivity index (χ1) is 14.2. The maximum atomic E-state index is 11.4. The lowest BCUT2D eigenvalue weighted by Gasteiger charge is -2.62. The van der Waals surface area contributed by atoms with Gasteiger partial charge in [0.15, 0.2) is 0 Å². The van der Waals surface area contributed by atoms with E-state index in [1.165, 1.54) is 57.8 Å². The normalized spacial score (nSPS) is 48.3. The molecule has 172 valence electrons. The zero-order valence-electron chi connectivity index (χ0n) is 20.9. The van der Waals surface area contributed by atoms with Gasteiger partial charge >= 0.3 is 0 Å². The van der Waals surface area contributed by atoms with Crippen molar-refractivity contribution in [3.8, 4) is 0 Å². The molecule has 4 fully saturated rings. The highest BCUT2D eigenvalue weighted by Crippen LogP contribution is 2.68. The zero-order chi connectivity index (χ0) is 21.7. The van der Waals surface area contributed by atoms with Crippen molar-refractivity contribution in [1.82, 2.24) is 0 Å². The summed E-state index contributed by atoms with van der Waals surface area (Å²) in [5.41, 5.74) is 0.946. The third kappa shape index (κ3) is 3.64. The van der Waals surface area contributed by atoms with E-state index >= 15 is 0 Å². The predicted molar refractivity (Wildman–Crippen MR) is 128 cm³/mol. The van der Waals surface area contributed by atoms with E-state index in [1.807, 2.05) is 0 Å². The average Bonchev–Trinajstić information content (AvgIpc) is 3.05. The Hall–Kier alpha value is -0.300. The van der Waals surface area contributed by atoms with Crippen LogP contribution in [0.5, 0.6) is 0 Å². The SMILES string of the molecule is CC[C@H](C=C[C@@H](C)[C@H]1CC[C@H]2[C@@H]3[C@H](O)CC4CCCC[C@]4(C)[C@H]3CC[C@]12C)C(C)C. The third-order valence-corrected chi connectivity index (χ3v) is 11.3. The first-order valence-corrected chi connectivity index (χ1v) is 13.6. The van der Waals surface area contributed by atoms with Crippen molar-refractivity contribution < 1.29 is 5.11 Å². The molecule has 1 unspecified atom stereocenters. The Labute approximate surface area is 187 Å². The largest absolute Gasteiger partial charge is 0.393 e. The Morgan fingerprint density at radius 2 is 1.63 bits per heavy atom. The van der Waals surface area contributed by atoms with E-state index in [2.05, 4.69) is 53.7 Å². The van der Waals surface area contributed by atoms with Crippen molar-refractivity contribution in [2.45, 2.75) is 112 Å². The number of hydrogen-bond acceptors (Lipinski definition) is 1. The van der Waals surface area contributed by atoms with Gasteiger partial charge in [-0.25, -0.2) is 0 Å². The van der Waals surface area contributed by atoms with Gasteiger partial charge in [0.1, 0.15) is 0 Å². The molecule has 1 heteroatoms. The standard InChI is InChI=1S/C29H50O/c1-7-21(19(2)3)12-11-20(4)23-13-14-24-27-25(15-17-29(23,24)6)28(5)16-9-8-10-22(28)18-26(27)30/h11-12,19-27,30H,7-10,13-18H2,1-6H3/t20-,21-,22?,23-,24+,25+,26-,27+,28+,29-/m1/s1. The fourth-order valence-electron chi connectivity index (χ4n) is 9.44. The van der Waals surface area contributed by atoms with Gasteiger partial charge in [0.05, 0.1) is 6.10 Å². The molecule has 30 heavy (non-hydrogen) atoms. The van der Waals surface area contributed by atoms with Crippen molar-refractivity contribution in [3.63, 3.8) is 0 Å². The molecule has 0 bridgehead atoms.